The highest BCUT2D eigenvalue weighted by Gasteiger charge is 2.44. The summed E-state index contributed by atoms with van der Waals surface area (Å²) in [5.41, 5.74) is 0. The van der Waals surface area contributed by atoms with E-state index < -0.39 is 30.7 Å². The molecule has 0 amide bonds. The van der Waals surface area contributed by atoms with Crippen molar-refractivity contribution in [3.8, 4) is 0 Å². The Labute approximate surface area is 231 Å². The molecule has 1 aliphatic rings. The van der Waals surface area contributed by atoms with Gasteiger partial charge in [0.1, 0.15) is 31.0 Å². The first-order valence-corrected chi connectivity index (χ1v) is 15.6. The number of unbranched alkanes of at least 4 members (excludes halogenated alkanes) is 17. The lowest BCUT2D eigenvalue weighted by molar-refractivity contribution is -0.301. The highest BCUT2D eigenvalue weighted by atomic mass is 16.7. The van der Waals surface area contributed by atoms with Gasteiger partial charge in [-0.1, -0.05) is 110 Å². The summed E-state index contributed by atoms with van der Waals surface area (Å²) >= 11 is 0. The van der Waals surface area contributed by atoms with Crippen LogP contribution in [0.3, 0.4) is 0 Å². The van der Waals surface area contributed by atoms with Crippen LogP contribution >= 0.6 is 0 Å². The third-order valence-electron chi connectivity index (χ3n) is 7.40. The molecule has 0 aromatic heterocycles. The van der Waals surface area contributed by atoms with Crippen LogP contribution in [0, 0.1) is 0 Å². The second-order valence-corrected chi connectivity index (χ2v) is 10.9. The minimum atomic E-state index is -1.42. The molecule has 5 atom stereocenters. The molecular weight excluding hydrogens is 488 g/mol. The SMILES string of the molecule is CCCCCCCCCCCC(=O)OCC1OC(OCCCCCCCCCCCCO)C(O)C(O)C1O. The predicted octanol–water partition coefficient (Wildman–Crippen LogP) is 5.17. The van der Waals surface area contributed by atoms with Crippen molar-refractivity contribution < 1.29 is 39.4 Å². The molecule has 0 aromatic carbocycles. The summed E-state index contributed by atoms with van der Waals surface area (Å²) in [5.74, 6) is -0.341. The zero-order valence-corrected chi connectivity index (χ0v) is 24.1. The Kier molecular flexibility index (Phi) is 22.3. The first kappa shape index (κ1) is 35.3. The lowest BCUT2D eigenvalue weighted by Crippen LogP contribution is -2.59. The largest absolute Gasteiger partial charge is 0.463 e. The molecule has 38 heavy (non-hydrogen) atoms. The lowest BCUT2D eigenvalue weighted by Gasteiger charge is -2.40. The van der Waals surface area contributed by atoms with E-state index in [0.717, 1.165) is 51.4 Å². The van der Waals surface area contributed by atoms with Gasteiger partial charge in [-0.05, 0) is 19.3 Å². The molecular formula is C30H58O8. The van der Waals surface area contributed by atoms with Gasteiger partial charge in [0.2, 0.25) is 0 Å². The topological polar surface area (TPSA) is 126 Å². The number of rotatable bonds is 25. The Morgan fingerprint density at radius 1 is 0.658 bits per heavy atom. The summed E-state index contributed by atoms with van der Waals surface area (Å²) in [4.78, 5) is 12.1. The molecule has 0 aliphatic carbocycles. The van der Waals surface area contributed by atoms with Gasteiger partial charge >= 0.3 is 5.97 Å². The third-order valence-corrected chi connectivity index (χ3v) is 7.40. The molecule has 0 saturated carbocycles. The van der Waals surface area contributed by atoms with Crippen LogP contribution in [0.2, 0.25) is 0 Å². The Bertz CT molecular complexity index is 546. The van der Waals surface area contributed by atoms with E-state index in [1.165, 1.54) is 70.6 Å². The average molecular weight is 547 g/mol. The normalized spacial score (nSPS) is 23.6. The fraction of sp³-hybridized carbons (Fsp3) is 0.967. The molecule has 8 nitrogen and oxygen atoms in total. The lowest BCUT2D eigenvalue weighted by atomic mass is 9.99. The van der Waals surface area contributed by atoms with E-state index in [4.69, 9.17) is 19.3 Å². The zero-order valence-electron chi connectivity index (χ0n) is 24.1. The van der Waals surface area contributed by atoms with Gasteiger partial charge in [-0.25, -0.2) is 0 Å². The molecule has 0 spiro atoms. The van der Waals surface area contributed by atoms with E-state index in [9.17, 15) is 20.1 Å². The number of hydrogen-bond acceptors (Lipinski definition) is 8. The Hall–Kier alpha value is -0.770. The summed E-state index contributed by atoms with van der Waals surface area (Å²) in [6.45, 7) is 2.71. The van der Waals surface area contributed by atoms with Crippen molar-refractivity contribution in [1.82, 2.24) is 0 Å². The number of carbonyl (C=O) groups is 1. The van der Waals surface area contributed by atoms with E-state index >= 15 is 0 Å². The molecule has 1 fully saturated rings. The monoisotopic (exact) mass is 546 g/mol. The van der Waals surface area contributed by atoms with E-state index in [2.05, 4.69) is 6.92 Å². The molecule has 4 N–H and O–H groups in total. The molecule has 1 aliphatic heterocycles. The van der Waals surface area contributed by atoms with Crippen molar-refractivity contribution in [2.24, 2.45) is 0 Å². The smallest absolute Gasteiger partial charge is 0.305 e. The van der Waals surface area contributed by atoms with Gasteiger partial charge in [-0.15, -0.1) is 0 Å². The van der Waals surface area contributed by atoms with E-state index in [0.29, 0.717) is 13.0 Å². The maximum Gasteiger partial charge on any atom is 0.305 e. The van der Waals surface area contributed by atoms with E-state index in [1.807, 2.05) is 0 Å². The van der Waals surface area contributed by atoms with Crippen LogP contribution in [-0.4, -0.2) is 76.9 Å². The van der Waals surface area contributed by atoms with Gasteiger partial charge in [-0.3, -0.25) is 4.79 Å². The van der Waals surface area contributed by atoms with Crippen molar-refractivity contribution in [2.75, 3.05) is 19.8 Å². The van der Waals surface area contributed by atoms with Gasteiger partial charge in [0, 0.05) is 19.6 Å². The Morgan fingerprint density at radius 3 is 1.71 bits per heavy atom. The van der Waals surface area contributed by atoms with E-state index in [1.54, 1.807) is 0 Å². The van der Waals surface area contributed by atoms with Crippen molar-refractivity contribution in [3.05, 3.63) is 0 Å². The van der Waals surface area contributed by atoms with Crippen molar-refractivity contribution >= 4 is 5.97 Å². The first-order chi connectivity index (χ1) is 18.5. The summed E-state index contributed by atoms with van der Waals surface area (Å²) < 4.78 is 16.6. The summed E-state index contributed by atoms with van der Waals surface area (Å²) in [6.07, 6.45) is 15.7. The first-order valence-electron chi connectivity index (χ1n) is 15.6. The average Bonchev–Trinajstić information content (AvgIpc) is 2.92. The fourth-order valence-electron chi connectivity index (χ4n) is 4.85. The number of carbonyl (C=O) groups excluding carboxylic acids is 1. The van der Waals surface area contributed by atoms with Crippen molar-refractivity contribution in [2.45, 2.75) is 166 Å². The van der Waals surface area contributed by atoms with Gasteiger partial charge in [0.05, 0.1) is 0 Å². The molecule has 0 radical (unpaired) electrons. The summed E-state index contributed by atoms with van der Waals surface area (Å²) in [5, 5.41) is 39.5. The van der Waals surface area contributed by atoms with Crippen LogP contribution in [0.1, 0.15) is 135 Å². The van der Waals surface area contributed by atoms with Gasteiger partial charge in [-0.2, -0.15) is 0 Å². The minimum absolute atomic E-state index is 0.179. The highest BCUT2D eigenvalue weighted by Crippen LogP contribution is 2.23. The molecule has 0 aromatic rings. The second kappa shape index (κ2) is 24.1. The van der Waals surface area contributed by atoms with Gasteiger partial charge < -0.3 is 34.6 Å². The number of esters is 1. The Morgan fingerprint density at radius 2 is 1.16 bits per heavy atom. The molecule has 5 unspecified atom stereocenters. The van der Waals surface area contributed by atoms with E-state index in [-0.39, 0.29) is 19.2 Å². The Balaban J connectivity index is 2.13. The summed E-state index contributed by atoms with van der Waals surface area (Å²) in [7, 11) is 0. The van der Waals surface area contributed by atoms with Crippen molar-refractivity contribution in [3.63, 3.8) is 0 Å². The number of ether oxygens (including phenoxy) is 3. The third kappa shape index (κ3) is 17.0. The fourth-order valence-corrected chi connectivity index (χ4v) is 4.85. The standard InChI is InChI=1S/C30H58O8/c1-2-3-4-5-6-9-12-15-18-21-26(32)37-24-25-27(33)28(34)29(35)30(38-25)36-23-20-17-14-11-8-7-10-13-16-19-22-31/h25,27-31,33-35H,2-24H2,1H3. The van der Waals surface area contributed by atoms with Crippen LogP contribution < -0.4 is 0 Å². The molecule has 1 saturated heterocycles. The van der Waals surface area contributed by atoms with Crippen LogP contribution in [0.15, 0.2) is 0 Å². The maximum atomic E-state index is 12.1. The van der Waals surface area contributed by atoms with Gasteiger partial charge in [0.25, 0.3) is 0 Å². The number of hydrogen-bond donors (Lipinski definition) is 4. The highest BCUT2D eigenvalue weighted by molar-refractivity contribution is 5.69. The van der Waals surface area contributed by atoms with Crippen LogP contribution in [0.5, 0.6) is 0 Å². The van der Waals surface area contributed by atoms with Gasteiger partial charge in [0.15, 0.2) is 6.29 Å². The number of aliphatic hydroxyl groups excluding tert-OH is 4. The second-order valence-electron chi connectivity index (χ2n) is 10.9. The van der Waals surface area contributed by atoms with Crippen LogP contribution in [-0.2, 0) is 19.0 Å². The summed E-state index contributed by atoms with van der Waals surface area (Å²) in [6, 6.07) is 0. The van der Waals surface area contributed by atoms with Crippen molar-refractivity contribution in [1.29, 1.82) is 0 Å². The zero-order chi connectivity index (χ0) is 27.8. The molecule has 226 valence electrons. The maximum absolute atomic E-state index is 12.1. The number of aliphatic hydroxyl groups is 4. The van der Waals surface area contributed by atoms with Crippen LogP contribution in [0.25, 0.3) is 0 Å². The predicted molar refractivity (Wildman–Crippen MR) is 149 cm³/mol. The molecule has 1 heterocycles. The minimum Gasteiger partial charge on any atom is -0.463 e. The van der Waals surface area contributed by atoms with Crippen LogP contribution in [0.4, 0.5) is 0 Å². The molecule has 1 rings (SSSR count). The quantitative estimate of drug-likeness (QED) is 0.0913. The molecule has 0 bridgehead atoms. The molecule has 8 heteroatoms.